The number of fused-ring (bicyclic) bond motifs is 1. The Labute approximate surface area is 206 Å². The molecule has 0 unspecified atom stereocenters. The first kappa shape index (κ1) is 24.0. The van der Waals surface area contributed by atoms with E-state index >= 15 is 0 Å². The van der Waals surface area contributed by atoms with Gasteiger partial charge in [0.25, 0.3) is 11.5 Å². The van der Waals surface area contributed by atoms with Gasteiger partial charge < -0.3 is 9.47 Å². The zero-order valence-corrected chi connectivity index (χ0v) is 20.3. The van der Waals surface area contributed by atoms with E-state index in [4.69, 9.17) is 9.47 Å². The normalized spacial score (nSPS) is 11.3. The Kier molecular flexibility index (Phi) is 7.47. The number of hydrogen-bond donors (Lipinski definition) is 1. The van der Waals surface area contributed by atoms with Crippen molar-refractivity contribution in [2.45, 2.75) is 12.1 Å². The van der Waals surface area contributed by atoms with Crippen molar-refractivity contribution in [3.8, 4) is 17.2 Å². The highest BCUT2D eigenvalue weighted by Gasteiger charge is 2.15. The van der Waals surface area contributed by atoms with Crippen LogP contribution in [0.3, 0.4) is 0 Å². The molecule has 4 rings (SSSR count). The van der Waals surface area contributed by atoms with E-state index in [1.807, 2.05) is 42.5 Å². The first-order valence-electron chi connectivity index (χ1n) is 10.8. The summed E-state index contributed by atoms with van der Waals surface area (Å²) in [6.07, 6.45) is 0. The number of hydrazone groups is 1. The van der Waals surface area contributed by atoms with Gasteiger partial charge in [0.05, 0.1) is 42.3 Å². The van der Waals surface area contributed by atoms with Gasteiger partial charge in [-0.3, -0.25) is 14.2 Å². The summed E-state index contributed by atoms with van der Waals surface area (Å²) in [6, 6.07) is 21.8. The molecule has 0 aliphatic carbocycles. The van der Waals surface area contributed by atoms with Gasteiger partial charge in [-0.05, 0) is 49.4 Å². The van der Waals surface area contributed by atoms with Crippen molar-refractivity contribution in [1.82, 2.24) is 15.0 Å². The molecule has 1 N–H and O–H groups in total. The fourth-order valence-corrected chi connectivity index (χ4v) is 4.25. The van der Waals surface area contributed by atoms with E-state index in [2.05, 4.69) is 15.5 Å². The Morgan fingerprint density at radius 1 is 1.00 bits per heavy atom. The van der Waals surface area contributed by atoms with Gasteiger partial charge in [-0.2, -0.15) is 5.10 Å². The Bertz CT molecular complexity index is 1450. The lowest BCUT2D eigenvalue weighted by atomic mass is 10.1. The second-order valence-corrected chi connectivity index (χ2v) is 8.42. The number of rotatable bonds is 8. The van der Waals surface area contributed by atoms with Gasteiger partial charge in [-0.1, -0.05) is 42.1 Å². The average Bonchev–Trinajstić information content (AvgIpc) is 2.90. The van der Waals surface area contributed by atoms with E-state index in [9.17, 15) is 9.59 Å². The van der Waals surface area contributed by atoms with Gasteiger partial charge in [0, 0.05) is 5.56 Å². The molecule has 8 nitrogen and oxygen atoms in total. The summed E-state index contributed by atoms with van der Waals surface area (Å²) >= 11 is 1.17. The number of aromatic nitrogens is 2. The lowest BCUT2D eigenvalue weighted by Crippen LogP contribution is -2.24. The minimum Gasteiger partial charge on any atom is -0.493 e. The van der Waals surface area contributed by atoms with Crippen LogP contribution in [-0.4, -0.2) is 41.1 Å². The maximum Gasteiger partial charge on any atom is 0.266 e. The van der Waals surface area contributed by atoms with Crippen molar-refractivity contribution >= 4 is 34.3 Å². The molecule has 0 atom stereocenters. The molecule has 0 saturated heterocycles. The molecule has 3 aromatic carbocycles. The molecular weight excluding hydrogens is 464 g/mol. The summed E-state index contributed by atoms with van der Waals surface area (Å²) in [5, 5.41) is 5.14. The summed E-state index contributed by atoms with van der Waals surface area (Å²) in [4.78, 5) is 30.5. The van der Waals surface area contributed by atoms with Crippen LogP contribution in [0.1, 0.15) is 12.5 Å². The largest absolute Gasteiger partial charge is 0.493 e. The molecule has 0 radical (unpaired) electrons. The van der Waals surface area contributed by atoms with Crippen LogP contribution in [0.5, 0.6) is 11.5 Å². The van der Waals surface area contributed by atoms with Crippen LogP contribution >= 0.6 is 11.8 Å². The fraction of sp³-hybridized carbons (Fsp3) is 0.154. The second kappa shape index (κ2) is 10.9. The summed E-state index contributed by atoms with van der Waals surface area (Å²) < 4.78 is 12.1. The number of thioether (sulfide) groups is 1. The van der Waals surface area contributed by atoms with Crippen molar-refractivity contribution in [1.29, 1.82) is 0 Å². The van der Waals surface area contributed by atoms with Gasteiger partial charge in [-0.15, -0.1) is 0 Å². The van der Waals surface area contributed by atoms with Crippen LogP contribution in [0.25, 0.3) is 16.6 Å². The highest BCUT2D eigenvalue weighted by atomic mass is 32.2. The molecule has 1 amide bonds. The third-order valence-electron chi connectivity index (χ3n) is 5.24. The van der Waals surface area contributed by atoms with Gasteiger partial charge in [0.1, 0.15) is 0 Å². The summed E-state index contributed by atoms with van der Waals surface area (Å²) in [7, 11) is 3.13. The van der Waals surface area contributed by atoms with Crippen molar-refractivity contribution in [3.63, 3.8) is 0 Å². The minimum atomic E-state index is -0.322. The lowest BCUT2D eigenvalue weighted by Gasteiger charge is -2.13. The molecule has 1 aromatic heterocycles. The number of methoxy groups -OCH3 is 2. The van der Waals surface area contributed by atoms with Crippen LogP contribution in [0, 0.1) is 0 Å². The predicted octanol–water partition coefficient (Wildman–Crippen LogP) is 4.04. The SMILES string of the molecule is COc1ccc(/C(C)=N\NC(=O)CSc2nc3ccccc3c(=O)n2-c2ccccc2)cc1OC. The summed E-state index contributed by atoms with van der Waals surface area (Å²) in [6.45, 7) is 1.78. The monoisotopic (exact) mass is 488 g/mol. The van der Waals surface area contributed by atoms with E-state index in [0.717, 1.165) is 5.56 Å². The first-order chi connectivity index (χ1) is 17.0. The molecule has 4 aromatic rings. The minimum absolute atomic E-state index is 0.0281. The van der Waals surface area contributed by atoms with Gasteiger partial charge in [0.15, 0.2) is 16.7 Å². The zero-order chi connectivity index (χ0) is 24.8. The molecule has 9 heteroatoms. The standard InChI is InChI=1S/C26H24N4O4S/c1-17(18-13-14-22(33-2)23(15-18)34-3)28-29-24(31)16-35-26-27-21-12-8-7-11-20(21)25(32)30(26)19-9-5-4-6-10-19/h4-15H,16H2,1-3H3,(H,29,31)/b28-17-. The molecule has 0 spiro atoms. The fourth-order valence-electron chi connectivity index (χ4n) is 3.45. The van der Waals surface area contributed by atoms with Crippen LogP contribution in [0.15, 0.2) is 87.8 Å². The lowest BCUT2D eigenvalue weighted by molar-refractivity contribution is -0.118. The van der Waals surface area contributed by atoms with E-state index in [-0.39, 0.29) is 17.2 Å². The third kappa shape index (κ3) is 5.36. The molecule has 178 valence electrons. The van der Waals surface area contributed by atoms with E-state index in [1.54, 1.807) is 51.5 Å². The van der Waals surface area contributed by atoms with Gasteiger partial charge in [0.2, 0.25) is 0 Å². The molecule has 35 heavy (non-hydrogen) atoms. The summed E-state index contributed by atoms with van der Waals surface area (Å²) in [5.41, 5.74) is 5.03. The highest BCUT2D eigenvalue weighted by Crippen LogP contribution is 2.27. The molecule has 0 bridgehead atoms. The Morgan fingerprint density at radius 2 is 1.71 bits per heavy atom. The molecule has 0 aliphatic rings. The number of carbonyl (C=O) groups excluding carboxylic acids is 1. The van der Waals surface area contributed by atoms with Crippen molar-refractivity contribution in [2.24, 2.45) is 5.10 Å². The maximum atomic E-state index is 13.2. The number of nitrogens with one attached hydrogen (secondary N) is 1. The number of ether oxygens (including phenoxy) is 2. The Hall–Kier alpha value is -4.11. The number of carbonyl (C=O) groups is 1. The molecule has 0 aliphatic heterocycles. The Balaban J connectivity index is 1.53. The van der Waals surface area contributed by atoms with Gasteiger partial charge >= 0.3 is 0 Å². The first-order valence-corrected chi connectivity index (χ1v) is 11.8. The van der Waals surface area contributed by atoms with Crippen LogP contribution < -0.4 is 20.5 Å². The smallest absolute Gasteiger partial charge is 0.266 e. The van der Waals surface area contributed by atoms with E-state index in [0.29, 0.717) is 39.0 Å². The number of benzene rings is 3. The number of para-hydroxylation sites is 2. The zero-order valence-electron chi connectivity index (χ0n) is 19.5. The molecule has 0 fully saturated rings. The van der Waals surface area contributed by atoms with Crippen LogP contribution in [0.2, 0.25) is 0 Å². The molecule has 1 heterocycles. The maximum absolute atomic E-state index is 13.2. The Morgan fingerprint density at radius 3 is 2.46 bits per heavy atom. The van der Waals surface area contributed by atoms with Crippen LogP contribution in [0.4, 0.5) is 0 Å². The predicted molar refractivity (Wildman–Crippen MR) is 138 cm³/mol. The second-order valence-electron chi connectivity index (χ2n) is 7.48. The molecule has 0 saturated carbocycles. The van der Waals surface area contributed by atoms with Gasteiger partial charge in [-0.25, -0.2) is 10.4 Å². The quantitative estimate of drug-likeness (QED) is 0.174. The van der Waals surface area contributed by atoms with Crippen molar-refractivity contribution in [2.75, 3.05) is 20.0 Å². The van der Waals surface area contributed by atoms with Crippen LogP contribution in [-0.2, 0) is 4.79 Å². The summed E-state index contributed by atoms with van der Waals surface area (Å²) in [5.74, 6) is 0.886. The van der Waals surface area contributed by atoms with E-state index in [1.165, 1.54) is 16.3 Å². The topological polar surface area (TPSA) is 94.8 Å². The number of hydrogen-bond acceptors (Lipinski definition) is 7. The van der Waals surface area contributed by atoms with Crippen molar-refractivity contribution < 1.29 is 14.3 Å². The highest BCUT2D eigenvalue weighted by molar-refractivity contribution is 7.99. The van der Waals surface area contributed by atoms with E-state index < -0.39 is 0 Å². The van der Waals surface area contributed by atoms with Crippen molar-refractivity contribution in [3.05, 3.63) is 88.7 Å². The average molecular weight is 489 g/mol. The molecular formula is C26H24N4O4S. The third-order valence-corrected chi connectivity index (χ3v) is 6.18. The number of amides is 1. The number of nitrogens with zero attached hydrogens (tertiary/aromatic N) is 3.